The highest BCUT2D eigenvalue weighted by Crippen LogP contribution is 2.34. The number of thiazole rings is 1. The third-order valence-corrected chi connectivity index (χ3v) is 5.64. The van der Waals surface area contributed by atoms with Crippen molar-refractivity contribution in [1.82, 2.24) is 14.8 Å². The number of nitrogens with zero attached hydrogens (tertiary/aromatic N) is 3. The number of hydrogen-bond donors (Lipinski definition) is 1. The molecule has 4 rings (SSSR count). The molecule has 0 aromatic carbocycles. The Hall–Kier alpha value is -1.68. The minimum atomic E-state index is -5.08. The van der Waals surface area contributed by atoms with E-state index in [1.54, 1.807) is 5.51 Å². The topological polar surface area (TPSA) is 73.7 Å². The predicted octanol–water partition coefficient (Wildman–Crippen LogP) is 2.58. The van der Waals surface area contributed by atoms with Gasteiger partial charge < -0.3 is 14.9 Å². The lowest BCUT2D eigenvalue weighted by Crippen LogP contribution is -2.54. The third-order valence-electron chi connectivity index (χ3n) is 5.05. The average Bonchev–Trinajstić information content (AvgIpc) is 3.22. The van der Waals surface area contributed by atoms with E-state index in [0.29, 0.717) is 17.5 Å². The van der Waals surface area contributed by atoms with Crippen LogP contribution in [0.1, 0.15) is 29.8 Å². The van der Waals surface area contributed by atoms with Crippen LogP contribution in [0.5, 0.6) is 0 Å². The second kappa shape index (κ2) is 8.14. The van der Waals surface area contributed by atoms with Gasteiger partial charge in [0.2, 0.25) is 0 Å². The van der Waals surface area contributed by atoms with Crippen molar-refractivity contribution in [2.75, 3.05) is 32.7 Å². The van der Waals surface area contributed by atoms with Gasteiger partial charge >= 0.3 is 12.1 Å². The molecule has 3 heterocycles. The lowest BCUT2D eigenvalue weighted by atomic mass is 9.84. The number of aliphatic carboxylic acids is 1. The van der Waals surface area contributed by atoms with Crippen molar-refractivity contribution < 1.29 is 27.9 Å². The number of rotatable bonds is 3. The molecule has 1 aliphatic carbocycles. The smallest absolute Gasteiger partial charge is 0.475 e. The summed E-state index contributed by atoms with van der Waals surface area (Å²) in [7, 11) is 0. The molecule has 2 unspecified atom stereocenters. The monoisotopic (exact) mass is 405 g/mol. The van der Waals surface area contributed by atoms with E-state index in [-0.39, 0.29) is 5.91 Å². The lowest BCUT2D eigenvalue weighted by Gasteiger charge is -2.45. The molecule has 2 aliphatic heterocycles. The minimum Gasteiger partial charge on any atom is -0.475 e. The molecule has 3 aliphatic rings. The Kier molecular flexibility index (Phi) is 6.05. The molecule has 2 atom stereocenters. The summed E-state index contributed by atoms with van der Waals surface area (Å²) in [5, 5.41) is 8.99. The van der Waals surface area contributed by atoms with Gasteiger partial charge in [-0.05, 0) is 37.0 Å². The molecule has 27 heavy (non-hydrogen) atoms. The van der Waals surface area contributed by atoms with E-state index in [0.717, 1.165) is 19.0 Å². The van der Waals surface area contributed by atoms with Crippen molar-refractivity contribution in [2.45, 2.75) is 25.4 Å². The number of piperidine rings is 2. The number of halogens is 3. The molecule has 2 saturated heterocycles. The van der Waals surface area contributed by atoms with Crippen LogP contribution in [0.4, 0.5) is 13.2 Å². The normalized spacial score (nSPS) is 25.5. The average molecular weight is 405 g/mol. The standard InChI is InChI=1S/C15H21N3OS.C2HF3O2/c19-15(14-9-20-10-16-14)18-7-12-3-13(8-18)6-17(5-12)4-11-1-2-11;3-2(4,5)1(6)7/h9-13H,1-8H2;(H,6,7). The quantitative estimate of drug-likeness (QED) is 0.837. The van der Waals surface area contributed by atoms with Crippen molar-refractivity contribution in [3.63, 3.8) is 0 Å². The highest BCUT2D eigenvalue weighted by molar-refractivity contribution is 7.07. The van der Waals surface area contributed by atoms with Crippen molar-refractivity contribution >= 4 is 23.2 Å². The van der Waals surface area contributed by atoms with Crippen molar-refractivity contribution in [3.05, 3.63) is 16.6 Å². The zero-order chi connectivity index (χ0) is 19.6. The number of hydrogen-bond acceptors (Lipinski definition) is 5. The van der Waals surface area contributed by atoms with Gasteiger partial charge in [-0.1, -0.05) is 0 Å². The summed E-state index contributed by atoms with van der Waals surface area (Å²) in [5.74, 6) is -0.307. The molecule has 0 radical (unpaired) electrons. The molecule has 3 fully saturated rings. The number of carboxylic acids is 1. The molecule has 1 saturated carbocycles. The molecule has 150 valence electrons. The summed E-state index contributed by atoms with van der Waals surface area (Å²) in [5.41, 5.74) is 2.37. The summed E-state index contributed by atoms with van der Waals surface area (Å²) < 4.78 is 31.7. The SMILES string of the molecule is O=C(O)C(F)(F)F.O=C(c1cscn1)N1CC2CC(CN(CC3CC3)C2)C1. The second-order valence-electron chi connectivity index (χ2n) is 7.52. The van der Waals surface area contributed by atoms with Gasteiger partial charge in [0.1, 0.15) is 5.69 Å². The van der Waals surface area contributed by atoms with Gasteiger partial charge in [-0.15, -0.1) is 11.3 Å². The molecular formula is C17H22F3N3O3S. The Balaban J connectivity index is 0.000000260. The van der Waals surface area contributed by atoms with Gasteiger partial charge in [0.15, 0.2) is 0 Å². The molecule has 6 nitrogen and oxygen atoms in total. The van der Waals surface area contributed by atoms with Gasteiger partial charge in [0.25, 0.3) is 5.91 Å². The fourth-order valence-electron chi connectivity index (χ4n) is 3.85. The molecule has 1 N–H and O–H groups in total. The van der Waals surface area contributed by atoms with Crippen LogP contribution in [0.25, 0.3) is 0 Å². The number of amides is 1. The van der Waals surface area contributed by atoms with E-state index in [4.69, 9.17) is 9.90 Å². The van der Waals surface area contributed by atoms with E-state index in [9.17, 15) is 18.0 Å². The number of alkyl halides is 3. The number of carbonyl (C=O) groups excluding carboxylic acids is 1. The summed E-state index contributed by atoms with van der Waals surface area (Å²) >= 11 is 1.50. The Morgan fingerprint density at radius 1 is 1.19 bits per heavy atom. The summed E-state index contributed by atoms with van der Waals surface area (Å²) in [6.45, 7) is 5.52. The Bertz CT molecular complexity index is 650. The van der Waals surface area contributed by atoms with E-state index >= 15 is 0 Å². The van der Waals surface area contributed by atoms with Gasteiger partial charge in [-0.3, -0.25) is 4.79 Å². The molecule has 1 amide bonds. The lowest BCUT2D eigenvalue weighted by molar-refractivity contribution is -0.192. The molecule has 1 aromatic rings. The van der Waals surface area contributed by atoms with Gasteiger partial charge in [-0.2, -0.15) is 13.2 Å². The fraction of sp³-hybridized carbons (Fsp3) is 0.706. The van der Waals surface area contributed by atoms with Crippen molar-refractivity contribution in [2.24, 2.45) is 17.8 Å². The molecule has 0 spiro atoms. The van der Waals surface area contributed by atoms with Crippen LogP contribution in [0.15, 0.2) is 10.9 Å². The van der Waals surface area contributed by atoms with E-state index < -0.39 is 12.1 Å². The van der Waals surface area contributed by atoms with Crippen LogP contribution in [0.3, 0.4) is 0 Å². The number of aromatic nitrogens is 1. The van der Waals surface area contributed by atoms with E-state index in [2.05, 4.69) is 9.88 Å². The maximum absolute atomic E-state index is 12.4. The highest BCUT2D eigenvalue weighted by atomic mass is 32.1. The minimum absolute atomic E-state index is 0.136. The Morgan fingerprint density at radius 3 is 2.22 bits per heavy atom. The number of likely N-dealkylation sites (tertiary alicyclic amines) is 2. The first kappa shape index (κ1) is 20.1. The van der Waals surface area contributed by atoms with Crippen LogP contribution in [0.2, 0.25) is 0 Å². The molecule has 10 heteroatoms. The van der Waals surface area contributed by atoms with Crippen LogP contribution >= 0.6 is 11.3 Å². The Morgan fingerprint density at radius 2 is 1.78 bits per heavy atom. The zero-order valence-electron chi connectivity index (χ0n) is 14.7. The molecule has 1 aromatic heterocycles. The molecule has 2 bridgehead atoms. The summed E-state index contributed by atoms with van der Waals surface area (Å²) in [6.07, 6.45) is -0.914. The predicted molar refractivity (Wildman–Crippen MR) is 92.5 cm³/mol. The van der Waals surface area contributed by atoms with Crippen LogP contribution in [0, 0.1) is 17.8 Å². The van der Waals surface area contributed by atoms with Crippen molar-refractivity contribution in [3.8, 4) is 0 Å². The number of carboxylic acid groups (broad SMARTS) is 1. The highest BCUT2D eigenvalue weighted by Gasteiger charge is 2.39. The largest absolute Gasteiger partial charge is 0.490 e. The first-order chi connectivity index (χ1) is 12.7. The second-order valence-corrected chi connectivity index (χ2v) is 8.24. The first-order valence-electron chi connectivity index (χ1n) is 8.92. The number of fused-ring (bicyclic) bond motifs is 2. The summed E-state index contributed by atoms with van der Waals surface area (Å²) in [4.78, 5) is 30.2. The third kappa shape index (κ3) is 5.65. The van der Waals surface area contributed by atoms with Gasteiger partial charge in [0, 0.05) is 38.1 Å². The van der Waals surface area contributed by atoms with Crippen molar-refractivity contribution in [1.29, 1.82) is 0 Å². The van der Waals surface area contributed by atoms with E-state index in [1.807, 2.05) is 10.3 Å². The first-order valence-corrected chi connectivity index (χ1v) is 9.86. The summed E-state index contributed by atoms with van der Waals surface area (Å²) in [6, 6.07) is 0. The Labute approximate surface area is 159 Å². The molecular weight excluding hydrogens is 383 g/mol. The zero-order valence-corrected chi connectivity index (χ0v) is 15.5. The maximum atomic E-state index is 12.4. The number of carbonyl (C=O) groups is 2. The van der Waals surface area contributed by atoms with Crippen LogP contribution < -0.4 is 0 Å². The fourth-order valence-corrected chi connectivity index (χ4v) is 4.37. The van der Waals surface area contributed by atoms with Crippen LogP contribution in [-0.2, 0) is 4.79 Å². The van der Waals surface area contributed by atoms with Gasteiger partial charge in [0.05, 0.1) is 5.51 Å². The van der Waals surface area contributed by atoms with E-state index in [1.165, 1.54) is 50.2 Å². The maximum Gasteiger partial charge on any atom is 0.490 e. The van der Waals surface area contributed by atoms with Gasteiger partial charge in [-0.25, -0.2) is 9.78 Å². The van der Waals surface area contributed by atoms with Crippen LogP contribution in [-0.4, -0.2) is 70.7 Å².